The molecule has 0 unspecified atom stereocenters. The van der Waals surface area contributed by atoms with Crippen LogP contribution in [0.4, 0.5) is 5.69 Å². The van der Waals surface area contributed by atoms with Gasteiger partial charge in [-0.05, 0) is 39.8 Å². The third-order valence-electron chi connectivity index (χ3n) is 3.83. The lowest BCUT2D eigenvalue weighted by atomic mass is 10.0. The highest BCUT2D eigenvalue weighted by Crippen LogP contribution is 2.20. The van der Waals surface area contributed by atoms with Gasteiger partial charge < -0.3 is 10.6 Å². The SMILES string of the molecule is C[C@H](N)c1ccc(N2CCN(C(C)(C)C)CC2)cn1. The number of piperazine rings is 1. The summed E-state index contributed by atoms with van der Waals surface area (Å²) >= 11 is 0. The lowest BCUT2D eigenvalue weighted by Gasteiger charge is -2.43. The molecule has 0 bridgehead atoms. The molecule has 1 aromatic heterocycles. The number of hydrogen-bond donors (Lipinski definition) is 1. The van der Waals surface area contributed by atoms with Crippen LogP contribution in [-0.4, -0.2) is 41.6 Å². The number of hydrogen-bond acceptors (Lipinski definition) is 4. The quantitative estimate of drug-likeness (QED) is 0.885. The second-order valence-corrected chi connectivity index (χ2v) is 6.37. The van der Waals surface area contributed by atoms with Gasteiger partial charge in [0.25, 0.3) is 0 Å². The maximum absolute atomic E-state index is 5.83. The van der Waals surface area contributed by atoms with E-state index in [9.17, 15) is 0 Å². The highest BCUT2D eigenvalue weighted by molar-refractivity contribution is 5.45. The molecular formula is C15H26N4. The third kappa shape index (κ3) is 3.45. The Hall–Kier alpha value is -1.13. The topological polar surface area (TPSA) is 45.4 Å². The molecule has 0 aromatic carbocycles. The van der Waals surface area contributed by atoms with E-state index < -0.39 is 0 Å². The van der Waals surface area contributed by atoms with E-state index in [0.29, 0.717) is 0 Å². The first-order valence-corrected chi connectivity index (χ1v) is 7.09. The first-order chi connectivity index (χ1) is 8.88. The Morgan fingerprint density at radius 3 is 2.21 bits per heavy atom. The molecule has 2 N–H and O–H groups in total. The van der Waals surface area contributed by atoms with Crippen LogP contribution in [0.25, 0.3) is 0 Å². The van der Waals surface area contributed by atoms with E-state index in [4.69, 9.17) is 5.73 Å². The van der Waals surface area contributed by atoms with Gasteiger partial charge in [0, 0.05) is 37.8 Å². The van der Waals surface area contributed by atoms with Gasteiger partial charge in [-0.1, -0.05) is 0 Å². The van der Waals surface area contributed by atoms with Crippen molar-refractivity contribution in [3.05, 3.63) is 24.0 Å². The first-order valence-electron chi connectivity index (χ1n) is 7.09. The van der Waals surface area contributed by atoms with Crippen LogP contribution in [0.5, 0.6) is 0 Å². The molecule has 1 aromatic rings. The van der Waals surface area contributed by atoms with Crippen molar-refractivity contribution >= 4 is 5.69 Å². The van der Waals surface area contributed by atoms with Crippen molar-refractivity contribution < 1.29 is 0 Å². The molecule has 0 saturated carbocycles. The van der Waals surface area contributed by atoms with Gasteiger partial charge in [-0.2, -0.15) is 0 Å². The molecule has 1 saturated heterocycles. The van der Waals surface area contributed by atoms with Crippen LogP contribution in [0.1, 0.15) is 39.4 Å². The molecule has 106 valence electrons. The number of rotatable bonds is 2. The van der Waals surface area contributed by atoms with Crippen molar-refractivity contribution in [2.75, 3.05) is 31.1 Å². The second kappa shape index (κ2) is 5.47. The highest BCUT2D eigenvalue weighted by atomic mass is 15.3. The number of aromatic nitrogens is 1. The number of nitrogens with zero attached hydrogens (tertiary/aromatic N) is 3. The van der Waals surface area contributed by atoms with Crippen molar-refractivity contribution in [2.24, 2.45) is 5.73 Å². The van der Waals surface area contributed by atoms with Crippen LogP contribution in [0.3, 0.4) is 0 Å². The zero-order valence-corrected chi connectivity index (χ0v) is 12.6. The molecule has 1 atom stereocenters. The van der Waals surface area contributed by atoms with Crippen molar-refractivity contribution in [2.45, 2.75) is 39.3 Å². The summed E-state index contributed by atoms with van der Waals surface area (Å²) in [5.41, 5.74) is 8.25. The van der Waals surface area contributed by atoms with Crippen LogP contribution in [0.15, 0.2) is 18.3 Å². The van der Waals surface area contributed by atoms with E-state index in [1.807, 2.05) is 19.2 Å². The fourth-order valence-electron chi connectivity index (χ4n) is 2.49. The van der Waals surface area contributed by atoms with Crippen molar-refractivity contribution in [1.29, 1.82) is 0 Å². The fraction of sp³-hybridized carbons (Fsp3) is 0.667. The van der Waals surface area contributed by atoms with Gasteiger partial charge in [0.15, 0.2) is 0 Å². The van der Waals surface area contributed by atoms with Crippen LogP contribution in [0, 0.1) is 0 Å². The highest BCUT2D eigenvalue weighted by Gasteiger charge is 2.25. The van der Waals surface area contributed by atoms with Gasteiger partial charge in [0.2, 0.25) is 0 Å². The van der Waals surface area contributed by atoms with E-state index in [1.165, 1.54) is 5.69 Å². The van der Waals surface area contributed by atoms with Gasteiger partial charge in [0.1, 0.15) is 0 Å². The zero-order valence-electron chi connectivity index (χ0n) is 12.6. The maximum Gasteiger partial charge on any atom is 0.0569 e. The molecule has 0 spiro atoms. The average molecular weight is 262 g/mol. The normalized spacial score (nSPS) is 19.5. The monoisotopic (exact) mass is 262 g/mol. The van der Waals surface area contributed by atoms with E-state index in [0.717, 1.165) is 31.9 Å². The van der Waals surface area contributed by atoms with Crippen molar-refractivity contribution in [1.82, 2.24) is 9.88 Å². The summed E-state index contributed by atoms with van der Waals surface area (Å²) < 4.78 is 0. The minimum Gasteiger partial charge on any atom is -0.368 e. The lowest BCUT2D eigenvalue weighted by Crippen LogP contribution is -2.53. The number of nitrogens with two attached hydrogens (primary N) is 1. The summed E-state index contributed by atoms with van der Waals surface area (Å²) in [6.45, 7) is 13.2. The Kier molecular flexibility index (Phi) is 4.11. The van der Waals surface area contributed by atoms with Crippen LogP contribution >= 0.6 is 0 Å². The average Bonchev–Trinajstić information content (AvgIpc) is 2.38. The standard InChI is InChI=1S/C15H26N4/c1-12(16)14-6-5-13(11-17-14)18-7-9-19(10-8-18)15(2,3)4/h5-6,11-12H,7-10,16H2,1-4H3/t12-/m0/s1. The summed E-state index contributed by atoms with van der Waals surface area (Å²) in [6, 6.07) is 4.18. The molecule has 2 heterocycles. The predicted molar refractivity (Wildman–Crippen MR) is 80.4 cm³/mol. The fourth-order valence-corrected chi connectivity index (χ4v) is 2.49. The largest absolute Gasteiger partial charge is 0.368 e. The smallest absolute Gasteiger partial charge is 0.0569 e. The molecule has 19 heavy (non-hydrogen) atoms. The molecule has 0 radical (unpaired) electrons. The van der Waals surface area contributed by atoms with E-state index >= 15 is 0 Å². The second-order valence-electron chi connectivity index (χ2n) is 6.37. The Morgan fingerprint density at radius 2 is 1.79 bits per heavy atom. The molecule has 2 rings (SSSR count). The maximum atomic E-state index is 5.83. The molecule has 1 fully saturated rings. The lowest BCUT2D eigenvalue weighted by molar-refractivity contribution is 0.128. The number of pyridine rings is 1. The summed E-state index contributed by atoms with van der Waals surface area (Å²) in [5.74, 6) is 0. The van der Waals surface area contributed by atoms with Crippen LogP contribution in [0.2, 0.25) is 0 Å². The van der Waals surface area contributed by atoms with E-state index in [-0.39, 0.29) is 11.6 Å². The Balaban J connectivity index is 1.98. The van der Waals surface area contributed by atoms with Crippen LogP contribution < -0.4 is 10.6 Å². The van der Waals surface area contributed by atoms with Crippen molar-refractivity contribution in [3.63, 3.8) is 0 Å². The van der Waals surface area contributed by atoms with Gasteiger partial charge in [-0.15, -0.1) is 0 Å². The Morgan fingerprint density at radius 1 is 1.16 bits per heavy atom. The van der Waals surface area contributed by atoms with Gasteiger partial charge in [0.05, 0.1) is 17.6 Å². The predicted octanol–water partition coefficient (Wildman–Crippen LogP) is 2.02. The zero-order chi connectivity index (χ0) is 14.0. The third-order valence-corrected chi connectivity index (χ3v) is 3.83. The molecule has 4 heteroatoms. The molecule has 1 aliphatic heterocycles. The van der Waals surface area contributed by atoms with E-state index in [2.05, 4.69) is 41.6 Å². The van der Waals surface area contributed by atoms with Crippen LogP contribution in [-0.2, 0) is 0 Å². The van der Waals surface area contributed by atoms with Gasteiger partial charge in [-0.3, -0.25) is 9.88 Å². The molecule has 0 aliphatic carbocycles. The van der Waals surface area contributed by atoms with Gasteiger partial charge in [-0.25, -0.2) is 0 Å². The Labute approximate surface area is 116 Å². The van der Waals surface area contributed by atoms with E-state index in [1.54, 1.807) is 0 Å². The molecule has 1 aliphatic rings. The molecular weight excluding hydrogens is 236 g/mol. The minimum absolute atomic E-state index is 0.00629. The van der Waals surface area contributed by atoms with Crippen molar-refractivity contribution in [3.8, 4) is 0 Å². The number of anilines is 1. The first kappa shape index (κ1) is 14.3. The summed E-state index contributed by atoms with van der Waals surface area (Å²) in [5, 5.41) is 0. The minimum atomic E-state index is 0.00629. The molecule has 4 nitrogen and oxygen atoms in total. The molecule has 0 amide bonds. The Bertz CT molecular complexity index is 397. The summed E-state index contributed by atoms with van der Waals surface area (Å²) in [7, 11) is 0. The summed E-state index contributed by atoms with van der Waals surface area (Å²) in [6.07, 6.45) is 1.95. The van der Waals surface area contributed by atoms with Gasteiger partial charge >= 0.3 is 0 Å². The summed E-state index contributed by atoms with van der Waals surface area (Å²) in [4.78, 5) is 9.38.